The van der Waals surface area contributed by atoms with Crippen LogP contribution in [0.3, 0.4) is 0 Å². The Morgan fingerprint density at radius 1 is 1.25 bits per heavy atom. The lowest BCUT2D eigenvalue weighted by molar-refractivity contribution is -0.116. The number of aromatic nitrogens is 1. The van der Waals surface area contributed by atoms with Gasteiger partial charge in [0.15, 0.2) is 0 Å². The zero-order chi connectivity index (χ0) is 14.7. The molecule has 0 radical (unpaired) electrons. The summed E-state index contributed by atoms with van der Waals surface area (Å²) in [6, 6.07) is 9.07. The van der Waals surface area contributed by atoms with Crippen molar-refractivity contribution >= 4 is 27.5 Å². The summed E-state index contributed by atoms with van der Waals surface area (Å²) in [7, 11) is 0. The first-order valence-electron chi connectivity index (χ1n) is 6.19. The number of halogens is 1. The molecule has 0 spiro atoms. The van der Waals surface area contributed by atoms with Gasteiger partial charge in [-0.25, -0.2) is 0 Å². The Labute approximate surface area is 125 Å². The number of nitrogens with one attached hydrogen (secondary N) is 1. The van der Waals surface area contributed by atoms with E-state index in [9.17, 15) is 9.59 Å². The van der Waals surface area contributed by atoms with Gasteiger partial charge >= 0.3 is 0 Å². The number of carbonyl (C=O) groups is 1. The summed E-state index contributed by atoms with van der Waals surface area (Å²) in [6.45, 7) is 3.71. The standard InChI is InChI=1S/C15H15BrN2O2/c1-10-5-6-12(8-13(10)16)17-14(19)9-18-7-3-4-11(2)15(18)20/h3-8H,9H2,1-2H3,(H,17,19). The van der Waals surface area contributed by atoms with Crippen LogP contribution in [0.25, 0.3) is 0 Å². The van der Waals surface area contributed by atoms with Gasteiger partial charge < -0.3 is 9.88 Å². The van der Waals surface area contributed by atoms with Crippen molar-refractivity contribution in [2.75, 3.05) is 5.32 Å². The van der Waals surface area contributed by atoms with E-state index in [0.29, 0.717) is 11.3 Å². The predicted octanol–water partition coefficient (Wildman–Crippen LogP) is 2.87. The summed E-state index contributed by atoms with van der Waals surface area (Å²) >= 11 is 3.42. The van der Waals surface area contributed by atoms with Crippen LogP contribution in [0.5, 0.6) is 0 Å². The maximum atomic E-state index is 12.0. The van der Waals surface area contributed by atoms with Crippen molar-refractivity contribution in [3.63, 3.8) is 0 Å². The van der Waals surface area contributed by atoms with Crippen LogP contribution in [0.1, 0.15) is 11.1 Å². The van der Waals surface area contributed by atoms with E-state index in [4.69, 9.17) is 0 Å². The molecule has 0 saturated carbocycles. The summed E-state index contributed by atoms with van der Waals surface area (Å²) < 4.78 is 2.33. The number of pyridine rings is 1. The van der Waals surface area contributed by atoms with E-state index in [1.54, 1.807) is 25.3 Å². The topological polar surface area (TPSA) is 51.1 Å². The molecule has 1 aromatic heterocycles. The zero-order valence-electron chi connectivity index (χ0n) is 11.3. The van der Waals surface area contributed by atoms with Crippen LogP contribution in [-0.2, 0) is 11.3 Å². The molecule has 0 atom stereocenters. The number of aryl methyl sites for hydroxylation is 2. The summed E-state index contributed by atoms with van der Waals surface area (Å²) in [5.41, 5.74) is 2.28. The van der Waals surface area contributed by atoms with Gasteiger partial charge in [-0.05, 0) is 37.6 Å². The number of carbonyl (C=O) groups excluding carboxylic acids is 1. The van der Waals surface area contributed by atoms with E-state index in [1.165, 1.54) is 4.57 Å². The van der Waals surface area contributed by atoms with E-state index in [0.717, 1.165) is 10.0 Å². The van der Waals surface area contributed by atoms with Gasteiger partial charge in [-0.3, -0.25) is 9.59 Å². The zero-order valence-corrected chi connectivity index (χ0v) is 12.9. The minimum Gasteiger partial charge on any atom is -0.324 e. The van der Waals surface area contributed by atoms with Crippen LogP contribution in [0.2, 0.25) is 0 Å². The van der Waals surface area contributed by atoms with E-state index in [-0.39, 0.29) is 18.0 Å². The second-order valence-corrected chi connectivity index (χ2v) is 5.49. The summed E-state index contributed by atoms with van der Waals surface area (Å²) in [5, 5.41) is 2.78. The third-order valence-corrected chi connectivity index (χ3v) is 3.83. The summed E-state index contributed by atoms with van der Waals surface area (Å²) in [4.78, 5) is 23.8. The molecule has 2 rings (SSSR count). The maximum Gasteiger partial charge on any atom is 0.253 e. The fourth-order valence-electron chi connectivity index (χ4n) is 1.81. The van der Waals surface area contributed by atoms with Crippen molar-refractivity contribution in [3.05, 3.63) is 62.5 Å². The summed E-state index contributed by atoms with van der Waals surface area (Å²) in [5.74, 6) is -0.228. The molecule has 20 heavy (non-hydrogen) atoms. The number of benzene rings is 1. The van der Waals surface area contributed by atoms with Gasteiger partial charge in [0, 0.05) is 21.9 Å². The summed E-state index contributed by atoms with van der Waals surface area (Å²) in [6.07, 6.45) is 1.61. The highest BCUT2D eigenvalue weighted by molar-refractivity contribution is 9.10. The van der Waals surface area contributed by atoms with Crippen molar-refractivity contribution in [2.24, 2.45) is 0 Å². The van der Waals surface area contributed by atoms with Crippen molar-refractivity contribution in [1.29, 1.82) is 0 Å². The lowest BCUT2D eigenvalue weighted by Gasteiger charge is -2.09. The molecule has 0 saturated heterocycles. The van der Waals surface area contributed by atoms with Gasteiger partial charge in [-0.2, -0.15) is 0 Å². The molecule has 1 heterocycles. The van der Waals surface area contributed by atoms with Crippen LogP contribution in [-0.4, -0.2) is 10.5 Å². The molecule has 0 aliphatic heterocycles. The quantitative estimate of drug-likeness (QED) is 0.938. The third-order valence-electron chi connectivity index (χ3n) is 2.98. The Kier molecular flexibility index (Phi) is 4.39. The van der Waals surface area contributed by atoms with E-state index in [2.05, 4.69) is 21.2 Å². The third kappa shape index (κ3) is 3.36. The Hall–Kier alpha value is -1.88. The first kappa shape index (κ1) is 14.5. The minimum absolute atomic E-state index is 0.00596. The highest BCUT2D eigenvalue weighted by Gasteiger charge is 2.06. The molecule has 2 aromatic rings. The Bertz CT molecular complexity index is 707. The molecule has 1 amide bonds. The highest BCUT2D eigenvalue weighted by atomic mass is 79.9. The van der Waals surface area contributed by atoms with Crippen LogP contribution in [0.15, 0.2) is 45.8 Å². The average molecular weight is 335 g/mol. The first-order valence-corrected chi connectivity index (χ1v) is 6.99. The average Bonchev–Trinajstić information content (AvgIpc) is 2.39. The number of anilines is 1. The van der Waals surface area contributed by atoms with Crippen LogP contribution in [0.4, 0.5) is 5.69 Å². The maximum absolute atomic E-state index is 12.0. The monoisotopic (exact) mass is 334 g/mol. The van der Waals surface area contributed by atoms with E-state index >= 15 is 0 Å². The van der Waals surface area contributed by atoms with Gasteiger partial charge in [0.2, 0.25) is 5.91 Å². The first-order chi connectivity index (χ1) is 9.47. The SMILES string of the molecule is Cc1ccc(NC(=O)Cn2cccc(C)c2=O)cc1Br. The molecule has 104 valence electrons. The fraction of sp³-hybridized carbons (Fsp3) is 0.200. The normalized spacial score (nSPS) is 10.3. The molecule has 0 aliphatic carbocycles. The number of nitrogens with zero attached hydrogens (tertiary/aromatic N) is 1. The van der Waals surface area contributed by atoms with Crippen molar-refractivity contribution in [1.82, 2.24) is 4.57 Å². The van der Waals surface area contributed by atoms with E-state index < -0.39 is 0 Å². The molecule has 0 fully saturated rings. The number of hydrogen-bond acceptors (Lipinski definition) is 2. The molecule has 0 aliphatic rings. The Morgan fingerprint density at radius 3 is 2.70 bits per heavy atom. The van der Waals surface area contributed by atoms with Crippen LogP contribution < -0.4 is 10.9 Å². The number of hydrogen-bond donors (Lipinski definition) is 1. The molecule has 0 bridgehead atoms. The second-order valence-electron chi connectivity index (χ2n) is 4.64. The van der Waals surface area contributed by atoms with Crippen molar-refractivity contribution < 1.29 is 4.79 Å². The molecule has 4 nitrogen and oxygen atoms in total. The lowest BCUT2D eigenvalue weighted by atomic mass is 10.2. The van der Waals surface area contributed by atoms with Crippen molar-refractivity contribution in [2.45, 2.75) is 20.4 Å². The van der Waals surface area contributed by atoms with Gasteiger partial charge in [0.25, 0.3) is 5.56 Å². The minimum atomic E-state index is -0.228. The fourth-order valence-corrected chi connectivity index (χ4v) is 2.19. The Balaban J connectivity index is 2.11. The molecule has 1 N–H and O–H groups in total. The molecular formula is C15H15BrN2O2. The van der Waals surface area contributed by atoms with Gasteiger partial charge in [-0.15, -0.1) is 0 Å². The molecule has 0 unspecified atom stereocenters. The molecular weight excluding hydrogens is 320 g/mol. The van der Waals surface area contributed by atoms with Gasteiger partial charge in [-0.1, -0.05) is 28.1 Å². The number of amides is 1. The molecule has 1 aromatic carbocycles. The molecule has 5 heteroatoms. The van der Waals surface area contributed by atoms with Gasteiger partial charge in [0.1, 0.15) is 6.54 Å². The lowest BCUT2D eigenvalue weighted by Crippen LogP contribution is -2.28. The van der Waals surface area contributed by atoms with Crippen molar-refractivity contribution in [3.8, 4) is 0 Å². The highest BCUT2D eigenvalue weighted by Crippen LogP contribution is 2.20. The van der Waals surface area contributed by atoms with Crippen LogP contribution in [0, 0.1) is 13.8 Å². The predicted molar refractivity (Wildman–Crippen MR) is 82.9 cm³/mol. The Morgan fingerprint density at radius 2 is 2.00 bits per heavy atom. The van der Waals surface area contributed by atoms with Crippen LogP contribution >= 0.6 is 15.9 Å². The second kappa shape index (κ2) is 6.05. The number of rotatable bonds is 3. The van der Waals surface area contributed by atoms with E-state index in [1.807, 2.05) is 25.1 Å². The smallest absolute Gasteiger partial charge is 0.253 e. The van der Waals surface area contributed by atoms with Gasteiger partial charge in [0.05, 0.1) is 0 Å². The largest absolute Gasteiger partial charge is 0.324 e.